The third-order valence-corrected chi connectivity index (χ3v) is 29.3. The Morgan fingerprint density at radius 1 is 0.119 bits per heavy atom. The molecule has 0 heteroatoms. The minimum atomic E-state index is 0.288. The zero-order chi connectivity index (χ0) is 91.1. The van der Waals surface area contributed by atoms with Gasteiger partial charge in [-0.25, -0.2) is 0 Å². The van der Waals surface area contributed by atoms with Crippen LogP contribution >= 0.6 is 0 Å². The van der Waals surface area contributed by atoms with Gasteiger partial charge in [-0.1, -0.05) is 286 Å². The summed E-state index contributed by atoms with van der Waals surface area (Å²) < 4.78 is 0. The molecule has 17 aromatic carbocycles. The highest BCUT2D eigenvalue weighted by molar-refractivity contribution is 6.38. The predicted molar refractivity (Wildman–Crippen MR) is 572 cm³/mol. The van der Waals surface area contributed by atoms with Gasteiger partial charge in [-0.3, -0.25) is 0 Å². The zero-order valence-corrected chi connectivity index (χ0v) is 84.2. The predicted octanol–water partition coefficient (Wildman–Crippen LogP) is 40.8. The maximum atomic E-state index is 2.72. The van der Waals surface area contributed by atoms with E-state index in [4.69, 9.17) is 0 Å². The van der Waals surface area contributed by atoms with Gasteiger partial charge in [0.05, 0.1) is 0 Å². The van der Waals surface area contributed by atoms with E-state index in [1.807, 2.05) is 0 Å². The summed E-state index contributed by atoms with van der Waals surface area (Å²) in [5, 5.41) is 41.2. The first kappa shape index (κ1) is 90.0. The fourth-order valence-corrected chi connectivity index (χ4v) is 23.9. The Labute approximate surface area is 757 Å². The van der Waals surface area contributed by atoms with Crippen LogP contribution < -0.4 is 0 Å². The molecule has 0 heterocycles. The Bertz CT molecular complexity index is 6220. The number of rotatable bonds is 21. The second kappa shape index (κ2) is 33.6. The number of benzene rings is 16. The molecule has 17 rings (SSSR count). The van der Waals surface area contributed by atoms with Gasteiger partial charge in [0.2, 0.25) is 0 Å². The highest BCUT2D eigenvalue weighted by Crippen LogP contribution is 2.56. The van der Waals surface area contributed by atoms with Crippen LogP contribution in [-0.2, 0) is 0 Å². The summed E-state index contributed by atoms with van der Waals surface area (Å²) in [5.41, 5.74) is 26.7. The Hall–Kier alpha value is -9.36. The van der Waals surface area contributed by atoms with Crippen LogP contribution in [0.25, 0.3) is 180 Å². The molecule has 654 valence electrons. The van der Waals surface area contributed by atoms with Gasteiger partial charge < -0.3 is 0 Å². The summed E-state index contributed by atoms with van der Waals surface area (Å²) in [7, 11) is 0. The molecule has 0 aliphatic rings. The van der Waals surface area contributed by atoms with Crippen LogP contribution in [-0.4, -0.2) is 0 Å². The highest BCUT2D eigenvalue weighted by atomic mass is 14.4. The molecule has 0 amide bonds. The van der Waals surface area contributed by atoms with Crippen molar-refractivity contribution < 1.29 is 0 Å². The molecule has 0 unspecified atom stereocenters. The second-order valence-electron chi connectivity index (χ2n) is 44.8. The number of allylic oxidation sites excluding steroid dienone is 3. The van der Waals surface area contributed by atoms with Crippen molar-refractivity contribution in [3.63, 3.8) is 0 Å². The molecule has 126 heavy (non-hydrogen) atoms. The van der Waals surface area contributed by atoms with Crippen molar-refractivity contribution in [3.05, 3.63) is 228 Å². The standard InChI is InChI=1S/C96H102.C30H48/c1-43(2)55-25-61-62(26-56(55)44(3)4)74-38-86-80-32-68(74)67-31-79-81-33-69-71-35-83-84-36-72-70-34-82(80)88(94(52(19)20)92(86)50(15)16)40-76(70)65-29-59(47(9)10)60(48(11)12)30-66(65)78(72)42-90(84)96(54(23)24)95(53(21)22)89(83)41-77(71)64-28-58(46(7)8)57(45(5)6)27-63(64)75(69)39-87(81)93(51(17)18)91(49(13)14)85(79)37-73(61)67;1-19(2)13-16-25-28(22(7)8)26(17-14-20(3)4)30(24(11)12)27(18-15-21(5)6)29(25)23(9)10/h25-54H,1-24H3;13-24H,1-12H3/b;16-13+,17-14+,18-15+. The normalized spacial score (nSPS) is 13.5. The maximum absolute atomic E-state index is 2.72. The van der Waals surface area contributed by atoms with Crippen molar-refractivity contribution >= 4 is 180 Å². The first-order valence-electron chi connectivity index (χ1n) is 49.6. The van der Waals surface area contributed by atoms with Crippen molar-refractivity contribution in [1.82, 2.24) is 0 Å². The van der Waals surface area contributed by atoms with Crippen molar-refractivity contribution in [2.75, 3.05) is 0 Å². The van der Waals surface area contributed by atoms with Crippen LogP contribution in [0.3, 0.4) is 0 Å². The molecular weight excluding hydrogens is 1510 g/mol. The van der Waals surface area contributed by atoms with E-state index in [1.54, 1.807) is 0 Å². The molecule has 0 fully saturated rings. The average Bonchev–Trinajstić information content (AvgIpc) is 0.691. The molecule has 0 spiro atoms. The summed E-state index contributed by atoms with van der Waals surface area (Å²) in [6.45, 7) is 86.3. The van der Waals surface area contributed by atoms with Crippen molar-refractivity contribution in [1.29, 1.82) is 0 Å². The van der Waals surface area contributed by atoms with E-state index in [0.29, 0.717) is 71.0 Å². The summed E-state index contributed by atoms with van der Waals surface area (Å²) in [6, 6.07) is 48.5. The Morgan fingerprint density at radius 2 is 0.222 bits per heavy atom. The van der Waals surface area contributed by atoms with Crippen LogP contribution in [0, 0.1) is 17.8 Å². The molecule has 0 atom stereocenters. The lowest BCUT2D eigenvalue weighted by atomic mass is 9.75. The highest BCUT2D eigenvalue weighted by Gasteiger charge is 2.32. The quantitative estimate of drug-likeness (QED) is 0.0497. The Kier molecular flexibility index (Phi) is 24.0. The lowest BCUT2D eigenvalue weighted by molar-refractivity contribution is 0.789. The third kappa shape index (κ3) is 14.7. The van der Waals surface area contributed by atoms with Gasteiger partial charge in [-0.2, -0.15) is 0 Å². The minimum absolute atomic E-state index is 0.288. The van der Waals surface area contributed by atoms with E-state index in [9.17, 15) is 0 Å². The van der Waals surface area contributed by atoms with Crippen molar-refractivity contribution in [2.45, 2.75) is 338 Å². The molecule has 17 aromatic rings. The van der Waals surface area contributed by atoms with Crippen LogP contribution in [0.4, 0.5) is 0 Å². The Balaban J connectivity index is 0.000000333. The van der Waals surface area contributed by atoms with Gasteiger partial charge in [-0.05, 0) is 477 Å². The number of hydrogen-bond acceptors (Lipinski definition) is 0. The zero-order valence-electron chi connectivity index (χ0n) is 84.2. The summed E-state index contributed by atoms with van der Waals surface area (Å²) in [5.74, 6) is 7.02. The Morgan fingerprint density at radius 3 is 0.325 bits per heavy atom. The number of hydrogen-bond donors (Lipinski definition) is 0. The van der Waals surface area contributed by atoms with Gasteiger partial charge in [-0.15, -0.1) is 0 Å². The lowest BCUT2D eigenvalue weighted by Gasteiger charge is -2.29. The molecular formula is C126H150. The van der Waals surface area contributed by atoms with Crippen molar-refractivity contribution in [3.8, 4) is 0 Å². The van der Waals surface area contributed by atoms with E-state index < -0.39 is 0 Å². The van der Waals surface area contributed by atoms with E-state index in [-0.39, 0.29) is 35.5 Å². The van der Waals surface area contributed by atoms with E-state index >= 15 is 0 Å². The monoisotopic (exact) mass is 1660 g/mol. The van der Waals surface area contributed by atoms with E-state index in [2.05, 4.69) is 395 Å². The SMILES string of the molecule is CC(C)/C=C/c1c(C(C)C)c(/C=C/C(C)C)c(C(C)C)c(/C=C/C(C)C)c1C(C)C.CC(C)c1cc2c(cc1C(C)C)c1cc3c(C(C)C)c(C(C)C)c4cc5c6cc(C(C)C)c(C(C)C)cc6c6cc7c(C(C)C)c(C(C)C)c8cc9c%10cc(C(C)C)c(C(C)C)cc%10c%10cc%11c(C(C)C)c(C(C)C)c%12cc2c2cc%12c%11cc%10c9cc8c7cc6c5cc4c3cc12. The van der Waals surface area contributed by atoms with Gasteiger partial charge in [0.15, 0.2) is 0 Å². The second-order valence-corrected chi connectivity index (χ2v) is 44.8. The van der Waals surface area contributed by atoms with Gasteiger partial charge >= 0.3 is 0 Å². The molecule has 0 aliphatic heterocycles. The van der Waals surface area contributed by atoms with Gasteiger partial charge in [0.25, 0.3) is 0 Å². The van der Waals surface area contributed by atoms with Gasteiger partial charge in [0, 0.05) is 0 Å². The minimum Gasteiger partial charge on any atom is -0.0814 e. The van der Waals surface area contributed by atoms with Crippen LogP contribution in [0.2, 0.25) is 0 Å². The third-order valence-electron chi connectivity index (χ3n) is 29.3. The first-order valence-corrected chi connectivity index (χ1v) is 49.6. The van der Waals surface area contributed by atoms with Crippen LogP contribution in [0.15, 0.2) is 127 Å². The lowest BCUT2D eigenvalue weighted by Crippen LogP contribution is -2.12. The molecule has 0 nitrogen and oxygen atoms in total. The molecule has 0 aromatic heterocycles. The summed E-state index contributed by atoms with van der Waals surface area (Å²) in [4.78, 5) is 0. The molecule has 0 saturated carbocycles. The molecule has 0 aliphatic carbocycles. The first-order chi connectivity index (χ1) is 59.4. The molecule has 12 bridgehead atoms. The van der Waals surface area contributed by atoms with Crippen LogP contribution in [0.1, 0.15) is 438 Å². The summed E-state index contributed by atoms with van der Waals surface area (Å²) >= 11 is 0. The van der Waals surface area contributed by atoms with Crippen molar-refractivity contribution in [2.24, 2.45) is 17.8 Å². The smallest absolute Gasteiger partial charge is 0.00921 e. The fourth-order valence-electron chi connectivity index (χ4n) is 23.9. The van der Waals surface area contributed by atoms with E-state index in [0.717, 1.165) is 0 Å². The average molecular weight is 1660 g/mol. The van der Waals surface area contributed by atoms with E-state index in [1.165, 1.54) is 262 Å². The largest absolute Gasteiger partial charge is 0.0814 e. The van der Waals surface area contributed by atoms with Crippen LogP contribution in [0.5, 0.6) is 0 Å². The molecule has 0 saturated heterocycles. The molecule has 0 N–H and O–H groups in total. The van der Waals surface area contributed by atoms with Gasteiger partial charge in [0.1, 0.15) is 0 Å². The topological polar surface area (TPSA) is 0 Å². The number of fused-ring (bicyclic) bond motifs is 9. The maximum Gasteiger partial charge on any atom is -0.00921 e. The summed E-state index contributed by atoms with van der Waals surface area (Å²) in [6.07, 6.45) is 14.4. The molecule has 0 radical (unpaired) electrons. The fraction of sp³-hybridized carbons (Fsp3) is 0.429.